The number of hydrogen-bond acceptors (Lipinski definition) is 3. The Morgan fingerprint density at radius 2 is 2.00 bits per heavy atom. The van der Waals surface area contributed by atoms with Crippen molar-refractivity contribution < 1.29 is 9.53 Å². The fourth-order valence-electron chi connectivity index (χ4n) is 3.74. The molecule has 0 radical (unpaired) electrons. The number of nitriles is 1. The van der Waals surface area contributed by atoms with Crippen molar-refractivity contribution in [2.75, 3.05) is 19.7 Å². The molecule has 2 fully saturated rings. The van der Waals surface area contributed by atoms with Crippen molar-refractivity contribution in [1.29, 1.82) is 5.26 Å². The highest BCUT2D eigenvalue weighted by Crippen LogP contribution is 2.36. The molecule has 1 aliphatic carbocycles. The van der Waals surface area contributed by atoms with E-state index < -0.39 is 0 Å². The molecule has 2 unspecified atom stereocenters. The maximum absolute atomic E-state index is 12.4. The lowest BCUT2D eigenvalue weighted by Gasteiger charge is -2.41. The fourth-order valence-corrected chi connectivity index (χ4v) is 3.74. The summed E-state index contributed by atoms with van der Waals surface area (Å²) in [5, 5.41) is 9.04. The number of piperidine rings is 1. The zero-order valence-corrected chi connectivity index (χ0v) is 12.8. The zero-order chi connectivity index (χ0) is 15.4. The van der Waals surface area contributed by atoms with Gasteiger partial charge in [-0.05, 0) is 36.8 Å². The third-order valence-electron chi connectivity index (χ3n) is 5.00. The number of nitrogens with zero attached hydrogens (tertiary/aromatic N) is 2. The summed E-state index contributed by atoms with van der Waals surface area (Å²) in [6.07, 6.45) is 6.37. The lowest BCUT2D eigenvalue weighted by atomic mass is 9.75. The number of carbonyl (C=O) groups excluding carboxylic acids is 1. The van der Waals surface area contributed by atoms with Crippen LogP contribution in [0.1, 0.15) is 37.7 Å². The average Bonchev–Trinajstić information content (AvgIpc) is 2.59. The Morgan fingerprint density at radius 3 is 2.82 bits per heavy atom. The lowest BCUT2D eigenvalue weighted by Crippen LogP contribution is -2.46. The van der Waals surface area contributed by atoms with Crippen molar-refractivity contribution >= 4 is 5.91 Å². The molecule has 1 aliphatic heterocycles. The predicted molar refractivity (Wildman–Crippen MR) is 83.3 cm³/mol. The maximum atomic E-state index is 12.4. The van der Waals surface area contributed by atoms with Gasteiger partial charge in [0.1, 0.15) is 11.8 Å². The van der Waals surface area contributed by atoms with Crippen LogP contribution in [0.15, 0.2) is 24.3 Å². The van der Waals surface area contributed by atoms with Crippen LogP contribution in [-0.4, -0.2) is 30.5 Å². The standard InChI is InChI=1S/C18H22N2O2/c19-11-15-6-3-4-8-17(15)22-13-18(21)20-10-9-14-5-1-2-7-16(14)12-20/h3-4,6,8,14,16H,1-2,5,7,9-10,12-13H2. The minimum Gasteiger partial charge on any atom is -0.482 e. The van der Waals surface area contributed by atoms with E-state index in [2.05, 4.69) is 6.07 Å². The van der Waals surface area contributed by atoms with Crippen LogP contribution >= 0.6 is 0 Å². The van der Waals surface area contributed by atoms with Gasteiger partial charge in [0.05, 0.1) is 5.56 Å². The van der Waals surface area contributed by atoms with Crippen LogP contribution < -0.4 is 4.74 Å². The Balaban J connectivity index is 1.55. The van der Waals surface area contributed by atoms with Gasteiger partial charge in [0, 0.05) is 13.1 Å². The Bertz CT molecular complexity index is 579. The van der Waals surface area contributed by atoms with Crippen molar-refractivity contribution in [1.82, 2.24) is 4.90 Å². The molecule has 0 spiro atoms. The summed E-state index contributed by atoms with van der Waals surface area (Å²) < 4.78 is 5.57. The molecule has 3 rings (SSSR count). The maximum Gasteiger partial charge on any atom is 0.260 e. The number of fused-ring (bicyclic) bond motifs is 1. The average molecular weight is 298 g/mol. The van der Waals surface area contributed by atoms with Gasteiger partial charge in [-0.3, -0.25) is 4.79 Å². The summed E-state index contributed by atoms with van der Waals surface area (Å²) in [5.74, 6) is 2.03. The normalized spacial score (nSPS) is 24.2. The highest BCUT2D eigenvalue weighted by molar-refractivity contribution is 5.78. The molecule has 1 aromatic rings. The fraction of sp³-hybridized carbons (Fsp3) is 0.556. The molecule has 4 nitrogen and oxygen atoms in total. The Hall–Kier alpha value is -2.02. The van der Waals surface area contributed by atoms with Crippen LogP contribution in [0.3, 0.4) is 0 Å². The van der Waals surface area contributed by atoms with Gasteiger partial charge in [-0.1, -0.05) is 31.4 Å². The summed E-state index contributed by atoms with van der Waals surface area (Å²) in [5.41, 5.74) is 0.473. The molecule has 1 aromatic carbocycles. The molecular formula is C18H22N2O2. The molecule has 2 atom stereocenters. The van der Waals surface area contributed by atoms with Gasteiger partial charge in [-0.25, -0.2) is 0 Å². The molecule has 0 N–H and O–H groups in total. The number of hydrogen-bond donors (Lipinski definition) is 0. The first kappa shape index (κ1) is 14.9. The highest BCUT2D eigenvalue weighted by Gasteiger charge is 2.32. The summed E-state index contributed by atoms with van der Waals surface area (Å²) in [6, 6.07) is 9.13. The molecule has 1 saturated heterocycles. The number of para-hydroxylation sites is 1. The van der Waals surface area contributed by atoms with Crippen molar-refractivity contribution in [2.24, 2.45) is 11.8 Å². The van der Waals surface area contributed by atoms with E-state index >= 15 is 0 Å². The van der Waals surface area contributed by atoms with Crippen molar-refractivity contribution in [3.63, 3.8) is 0 Å². The number of likely N-dealkylation sites (tertiary alicyclic amines) is 1. The third-order valence-corrected chi connectivity index (χ3v) is 5.00. The van der Waals surface area contributed by atoms with E-state index in [1.165, 1.54) is 25.7 Å². The van der Waals surface area contributed by atoms with E-state index in [0.29, 0.717) is 17.2 Å². The number of ether oxygens (including phenoxy) is 1. The topological polar surface area (TPSA) is 53.3 Å². The summed E-state index contributed by atoms with van der Waals surface area (Å²) in [7, 11) is 0. The van der Waals surface area contributed by atoms with Gasteiger partial charge in [0.15, 0.2) is 6.61 Å². The first-order valence-corrected chi connectivity index (χ1v) is 8.17. The van der Waals surface area contributed by atoms with E-state index in [0.717, 1.165) is 25.4 Å². The van der Waals surface area contributed by atoms with Gasteiger partial charge in [0.2, 0.25) is 0 Å². The van der Waals surface area contributed by atoms with Crippen molar-refractivity contribution in [3.05, 3.63) is 29.8 Å². The second-order valence-electron chi connectivity index (χ2n) is 6.33. The molecule has 2 aliphatic rings. The molecule has 0 aromatic heterocycles. The van der Waals surface area contributed by atoms with Crippen LogP contribution in [0.25, 0.3) is 0 Å². The zero-order valence-electron chi connectivity index (χ0n) is 12.8. The number of amides is 1. The first-order valence-electron chi connectivity index (χ1n) is 8.17. The Labute approximate surface area is 131 Å². The molecule has 1 saturated carbocycles. The monoisotopic (exact) mass is 298 g/mol. The Kier molecular flexibility index (Phi) is 4.62. The quantitative estimate of drug-likeness (QED) is 0.862. The Morgan fingerprint density at radius 1 is 1.23 bits per heavy atom. The van der Waals surface area contributed by atoms with Crippen molar-refractivity contribution in [2.45, 2.75) is 32.1 Å². The van der Waals surface area contributed by atoms with Gasteiger partial charge >= 0.3 is 0 Å². The minimum absolute atomic E-state index is 0.0239. The summed E-state index contributed by atoms with van der Waals surface area (Å²) >= 11 is 0. The van der Waals surface area contributed by atoms with Crippen LogP contribution in [-0.2, 0) is 4.79 Å². The van der Waals surface area contributed by atoms with Crippen LogP contribution in [0, 0.1) is 23.2 Å². The second kappa shape index (κ2) is 6.83. The third kappa shape index (κ3) is 3.24. The second-order valence-corrected chi connectivity index (χ2v) is 6.33. The van der Waals surface area contributed by atoms with Crippen LogP contribution in [0.5, 0.6) is 5.75 Å². The molecule has 0 bridgehead atoms. The van der Waals surface area contributed by atoms with Crippen molar-refractivity contribution in [3.8, 4) is 11.8 Å². The number of rotatable bonds is 3. The molecule has 4 heteroatoms. The van der Waals surface area contributed by atoms with Gasteiger partial charge in [-0.15, -0.1) is 0 Å². The van der Waals surface area contributed by atoms with E-state index in [1.54, 1.807) is 18.2 Å². The van der Waals surface area contributed by atoms with Gasteiger partial charge in [0.25, 0.3) is 5.91 Å². The number of carbonyl (C=O) groups is 1. The van der Waals surface area contributed by atoms with Crippen LogP contribution in [0.4, 0.5) is 0 Å². The summed E-state index contributed by atoms with van der Waals surface area (Å²) in [6.45, 7) is 1.76. The first-order chi connectivity index (χ1) is 10.8. The SMILES string of the molecule is N#Cc1ccccc1OCC(=O)N1CCC2CCCCC2C1. The van der Waals surface area contributed by atoms with E-state index in [4.69, 9.17) is 10.00 Å². The summed E-state index contributed by atoms with van der Waals surface area (Å²) in [4.78, 5) is 14.3. The highest BCUT2D eigenvalue weighted by atomic mass is 16.5. The minimum atomic E-state index is 0.0239. The van der Waals surface area contributed by atoms with Gasteiger partial charge < -0.3 is 9.64 Å². The van der Waals surface area contributed by atoms with E-state index in [-0.39, 0.29) is 12.5 Å². The molecule has 22 heavy (non-hydrogen) atoms. The molecule has 1 amide bonds. The van der Waals surface area contributed by atoms with E-state index in [9.17, 15) is 4.79 Å². The van der Waals surface area contributed by atoms with Gasteiger partial charge in [-0.2, -0.15) is 5.26 Å². The lowest BCUT2D eigenvalue weighted by molar-refractivity contribution is -0.136. The molecular weight excluding hydrogens is 276 g/mol. The predicted octanol–water partition coefficient (Wildman–Crippen LogP) is 2.98. The largest absolute Gasteiger partial charge is 0.482 e. The smallest absolute Gasteiger partial charge is 0.260 e. The van der Waals surface area contributed by atoms with Crippen LogP contribution in [0.2, 0.25) is 0 Å². The molecule has 1 heterocycles. The number of benzene rings is 1. The van der Waals surface area contributed by atoms with E-state index in [1.807, 2.05) is 11.0 Å². The molecule has 116 valence electrons.